The first-order valence-electron chi connectivity index (χ1n) is 18.1. The van der Waals surface area contributed by atoms with Crippen molar-refractivity contribution >= 4 is 88.0 Å². The van der Waals surface area contributed by atoms with Gasteiger partial charge in [-0.25, -0.2) is 0 Å². The molecular formula is C50H32N2O. The minimum Gasteiger partial charge on any atom is -0.456 e. The number of anilines is 6. The van der Waals surface area contributed by atoms with Crippen molar-refractivity contribution in [1.82, 2.24) is 0 Å². The van der Waals surface area contributed by atoms with Crippen molar-refractivity contribution in [2.24, 2.45) is 0 Å². The van der Waals surface area contributed by atoms with E-state index in [1.54, 1.807) is 0 Å². The molecular weight excluding hydrogens is 645 g/mol. The third kappa shape index (κ3) is 4.61. The highest BCUT2D eigenvalue weighted by molar-refractivity contribution is 6.28. The van der Waals surface area contributed by atoms with E-state index in [1.807, 2.05) is 0 Å². The normalized spacial score (nSPS) is 11.9. The van der Waals surface area contributed by atoms with Gasteiger partial charge in [-0.05, 0) is 76.1 Å². The molecule has 0 saturated heterocycles. The molecule has 0 atom stereocenters. The first-order chi connectivity index (χ1) is 26.3. The van der Waals surface area contributed by atoms with Gasteiger partial charge < -0.3 is 14.5 Å². The van der Waals surface area contributed by atoms with Gasteiger partial charge in [0.1, 0.15) is 11.5 Å². The van der Waals surface area contributed by atoms with Crippen molar-refractivity contribution in [3.63, 3.8) is 0 Å². The topological polar surface area (TPSA) is 15.7 Å². The maximum Gasteiger partial charge on any atom is 0.138 e. The van der Waals surface area contributed by atoms with Crippen LogP contribution in [0.25, 0.3) is 53.9 Å². The van der Waals surface area contributed by atoms with Gasteiger partial charge in [0.15, 0.2) is 0 Å². The van der Waals surface area contributed by atoms with Gasteiger partial charge in [-0.1, -0.05) is 133 Å². The molecule has 1 aliphatic heterocycles. The van der Waals surface area contributed by atoms with E-state index < -0.39 is 0 Å². The van der Waals surface area contributed by atoms with Crippen LogP contribution < -0.4 is 14.5 Å². The Balaban J connectivity index is 1.17. The number of fused-ring (bicyclic) bond motifs is 2. The molecule has 3 heteroatoms. The number of benzene rings is 10. The van der Waals surface area contributed by atoms with E-state index in [0.29, 0.717) is 0 Å². The number of hydrogen-bond donors (Lipinski definition) is 0. The number of rotatable bonds is 6. The average Bonchev–Trinajstić information content (AvgIpc) is 3.22. The predicted molar refractivity (Wildman–Crippen MR) is 223 cm³/mol. The Morgan fingerprint density at radius 3 is 1.49 bits per heavy atom. The van der Waals surface area contributed by atoms with Crippen LogP contribution in [0.2, 0.25) is 0 Å². The second-order valence-electron chi connectivity index (χ2n) is 13.7. The lowest BCUT2D eigenvalue weighted by Crippen LogP contribution is -2.12. The minimum atomic E-state index is 0.867. The number of nitrogens with zero attached hydrogens (tertiary/aromatic N) is 2. The molecule has 10 aromatic rings. The van der Waals surface area contributed by atoms with E-state index in [2.05, 4.69) is 204 Å². The van der Waals surface area contributed by atoms with Crippen LogP contribution in [0.1, 0.15) is 0 Å². The van der Waals surface area contributed by atoms with E-state index in [0.717, 1.165) is 67.2 Å². The zero-order valence-electron chi connectivity index (χ0n) is 28.8. The van der Waals surface area contributed by atoms with Crippen LogP contribution in [0, 0.1) is 0 Å². The summed E-state index contributed by atoms with van der Waals surface area (Å²) in [6.07, 6.45) is 0. The molecule has 10 aromatic carbocycles. The lowest BCUT2D eigenvalue weighted by Gasteiger charge is -2.31. The van der Waals surface area contributed by atoms with E-state index in [9.17, 15) is 0 Å². The highest BCUT2D eigenvalue weighted by Gasteiger charge is 2.26. The fourth-order valence-corrected chi connectivity index (χ4v) is 8.44. The molecule has 0 amide bonds. The molecule has 0 unspecified atom stereocenters. The molecule has 3 nitrogen and oxygen atoms in total. The summed E-state index contributed by atoms with van der Waals surface area (Å²) >= 11 is 0. The summed E-state index contributed by atoms with van der Waals surface area (Å²) < 4.78 is 7.01. The monoisotopic (exact) mass is 676 g/mol. The Morgan fingerprint density at radius 1 is 0.283 bits per heavy atom. The Hall–Kier alpha value is -7.10. The van der Waals surface area contributed by atoms with Gasteiger partial charge in [0.05, 0.1) is 22.7 Å². The fourth-order valence-electron chi connectivity index (χ4n) is 8.44. The van der Waals surface area contributed by atoms with Crippen molar-refractivity contribution in [1.29, 1.82) is 0 Å². The Bertz CT molecular complexity index is 3040. The fraction of sp³-hybridized carbons (Fsp3) is 0. The van der Waals surface area contributed by atoms with E-state index in [1.165, 1.54) is 32.3 Å². The van der Waals surface area contributed by atoms with Crippen molar-refractivity contribution in [2.75, 3.05) is 9.80 Å². The van der Waals surface area contributed by atoms with E-state index >= 15 is 0 Å². The minimum absolute atomic E-state index is 0.867. The lowest BCUT2D eigenvalue weighted by molar-refractivity contribution is 0.493. The quantitative estimate of drug-likeness (QED) is 0.163. The van der Waals surface area contributed by atoms with Crippen LogP contribution in [0.4, 0.5) is 34.1 Å². The lowest BCUT2D eigenvalue weighted by atomic mass is 9.91. The second-order valence-corrected chi connectivity index (χ2v) is 13.7. The average molecular weight is 677 g/mol. The van der Waals surface area contributed by atoms with Gasteiger partial charge in [-0.3, -0.25) is 0 Å². The Labute approximate surface area is 307 Å². The number of ether oxygens (including phenoxy) is 1. The molecule has 53 heavy (non-hydrogen) atoms. The summed E-state index contributed by atoms with van der Waals surface area (Å²) in [5, 5.41) is 11.8. The summed E-state index contributed by atoms with van der Waals surface area (Å²) in [7, 11) is 0. The van der Waals surface area contributed by atoms with Gasteiger partial charge >= 0.3 is 0 Å². The molecule has 0 spiro atoms. The number of para-hydroxylation sites is 2. The van der Waals surface area contributed by atoms with Crippen LogP contribution in [0.5, 0.6) is 11.5 Å². The Kier molecular flexibility index (Phi) is 6.55. The molecule has 0 N–H and O–H groups in total. The second kappa shape index (κ2) is 11.7. The standard InChI is InChI=1S/C50H32N2O/c1-3-18-37(19-4-1)51(43-25-11-16-33-14-7-9-22-40(33)43)39-30-35-28-29-36-31-45(42-24-13-27-46-50(42)49(36)48(35)47(32-39)53-46)52(38-20-5-2-6-21-38)44-26-12-17-34-15-8-10-23-41(34)44/h1-32H. The molecule has 0 saturated carbocycles. The molecule has 11 rings (SSSR count). The predicted octanol–water partition coefficient (Wildman–Crippen LogP) is 14.5. The third-order valence-corrected chi connectivity index (χ3v) is 10.7. The largest absolute Gasteiger partial charge is 0.456 e. The zero-order chi connectivity index (χ0) is 34.9. The van der Waals surface area contributed by atoms with Crippen LogP contribution in [-0.2, 0) is 0 Å². The highest BCUT2D eigenvalue weighted by atomic mass is 16.5. The van der Waals surface area contributed by atoms with Crippen LogP contribution in [0.3, 0.4) is 0 Å². The maximum atomic E-state index is 7.01. The van der Waals surface area contributed by atoms with Crippen molar-refractivity contribution in [3.8, 4) is 11.5 Å². The van der Waals surface area contributed by atoms with E-state index in [-0.39, 0.29) is 0 Å². The SMILES string of the molecule is c1ccc(N(c2cc3c4c(ccc5cc(N(c6ccccc6)c6cccc7ccccc67)c6cccc(c6c54)O3)c2)c2cccc3ccccc23)cc1. The smallest absolute Gasteiger partial charge is 0.138 e. The van der Waals surface area contributed by atoms with Crippen LogP contribution in [-0.4, -0.2) is 0 Å². The van der Waals surface area contributed by atoms with Crippen LogP contribution >= 0.6 is 0 Å². The Morgan fingerprint density at radius 2 is 0.811 bits per heavy atom. The molecule has 248 valence electrons. The van der Waals surface area contributed by atoms with Crippen molar-refractivity contribution in [2.45, 2.75) is 0 Å². The van der Waals surface area contributed by atoms with Crippen molar-refractivity contribution < 1.29 is 4.74 Å². The summed E-state index contributed by atoms with van der Waals surface area (Å²) in [5.74, 6) is 1.74. The molecule has 1 heterocycles. The summed E-state index contributed by atoms with van der Waals surface area (Å²) in [4.78, 5) is 4.76. The van der Waals surface area contributed by atoms with Gasteiger partial charge in [0, 0.05) is 49.8 Å². The van der Waals surface area contributed by atoms with E-state index in [4.69, 9.17) is 4.74 Å². The molecule has 0 radical (unpaired) electrons. The summed E-state index contributed by atoms with van der Waals surface area (Å²) in [6, 6.07) is 69.6. The molecule has 0 fully saturated rings. The summed E-state index contributed by atoms with van der Waals surface area (Å²) in [6.45, 7) is 0. The van der Waals surface area contributed by atoms with Gasteiger partial charge in [0.2, 0.25) is 0 Å². The molecule has 1 aliphatic rings. The third-order valence-electron chi connectivity index (χ3n) is 10.7. The first kappa shape index (κ1) is 29.6. The van der Waals surface area contributed by atoms with Crippen molar-refractivity contribution in [3.05, 3.63) is 194 Å². The van der Waals surface area contributed by atoms with Crippen LogP contribution in [0.15, 0.2) is 194 Å². The molecule has 0 aliphatic carbocycles. The molecule has 0 bridgehead atoms. The first-order valence-corrected chi connectivity index (χ1v) is 18.1. The highest BCUT2D eigenvalue weighted by Crippen LogP contribution is 2.53. The summed E-state index contributed by atoms with van der Waals surface area (Å²) in [5.41, 5.74) is 6.62. The van der Waals surface area contributed by atoms with Gasteiger partial charge in [-0.2, -0.15) is 0 Å². The van der Waals surface area contributed by atoms with Gasteiger partial charge in [0.25, 0.3) is 0 Å². The van der Waals surface area contributed by atoms with Gasteiger partial charge in [-0.15, -0.1) is 0 Å². The number of hydrogen-bond acceptors (Lipinski definition) is 3. The molecule has 0 aromatic heterocycles. The maximum absolute atomic E-state index is 7.01. The zero-order valence-corrected chi connectivity index (χ0v) is 28.8.